The molecule has 0 aromatic heterocycles. The molecule has 1 aromatic rings. The third-order valence-corrected chi connectivity index (χ3v) is 2.60. The molecule has 0 aliphatic carbocycles. The number of amides is 1. The number of halogens is 1. The number of likely N-dealkylation sites (N-methyl/N-ethyl adjacent to an activating group) is 1. The summed E-state index contributed by atoms with van der Waals surface area (Å²) in [6.07, 6.45) is 0. The highest BCUT2D eigenvalue weighted by atomic mass is 35.5. The molecule has 0 radical (unpaired) electrons. The number of hydrogen-bond donors (Lipinski definition) is 2. The predicted molar refractivity (Wildman–Crippen MR) is 63.3 cm³/mol. The van der Waals surface area contributed by atoms with Crippen LogP contribution in [0.3, 0.4) is 0 Å². The normalized spacial score (nSPS) is 12.0. The summed E-state index contributed by atoms with van der Waals surface area (Å²) in [7, 11) is 1.61. The van der Waals surface area contributed by atoms with Gasteiger partial charge in [-0.3, -0.25) is 4.79 Å². The van der Waals surface area contributed by atoms with Crippen molar-refractivity contribution >= 4 is 23.2 Å². The van der Waals surface area contributed by atoms with E-state index in [4.69, 9.17) is 11.6 Å². The van der Waals surface area contributed by atoms with Crippen LogP contribution >= 0.6 is 11.6 Å². The smallest absolute Gasteiger partial charge is 0.241 e. The maximum atomic E-state index is 11.3. The zero-order chi connectivity index (χ0) is 11.4. The highest BCUT2D eigenvalue weighted by Crippen LogP contribution is 2.20. The molecule has 2 N–H and O–H groups in total. The van der Waals surface area contributed by atoms with E-state index >= 15 is 0 Å². The molecule has 1 atom stereocenters. The molecular formula is C11H15ClN2O. The van der Waals surface area contributed by atoms with Crippen LogP contribution in [0.25, 0.3) is 0 Å². The minimum Gasteiger partial charge on any atom is -0.374 e. The number of aryl methyl sites for hydroxylation is 1. The van der Waals surface area contributed by atoms with Crippen LogP contribution in [0.4, 0.5) is 5.69 Å². The number of nitrogens with one attached hydrogen (secondary N) is 2. The lowest BCUT2D eigenvalue weighted by molar-refractivity contribution is -0.121. The van der Waals surface area contributed by atoms with Gasteiger partial charge in [-0.2, -0.15) is 0 Å². The Bertz CT molecular complexity index is 366. The Kier molecular flexibility index (Phi) is 3.97. The van der Waals surface area contributed by atoms with Gasteiger partial charge in [-0.15, -0.1) is 0 Å². The van der Waals surface area contributed by atoms with E-state index in [1.807, 2.05) is 25.1 Å². The minimum atomic E-state index is -0.270. The Hall–Kier alpha value is -1.22. The summed E-state index contributed by atoms with van der Waals surface area (Å²) in [6.45, 7) is 3.74. The van der Waals surface area contributed by atoms with Crippen molar-refractivity contribution in [2.75, 3.05) is 12.4 Å². The van der Waals surface area contributed by atoms with Crippen LogP contribution in [0.15, 0.2) is 18.2 Å². The lowest BCUT2D eigenvalue weighted by atomic mass is 10.2. The molecule has 0 fully saturated rings. The Labute approximate surface area is 94.8 Å². The average Bonchev–Trinajstić information content (AvgIpc) is 2.22. The number of rotatable bonds is 3. The fraction of sp³-hybridized carbons (Fsp3) is 0.364. The van der Waals surface area contributed by atoms with Gasteiger partial charge in [0.25, 0.3) is 0 Å². The molecule has 0 spiro atoms. The summed E-state index contributed by atoms with van der Waals surface area (Å²) in [5.74, 6) is -0.0494. The zero-order valence-electron chi connectivity index (χ0n) is 9.10. The number of benzene rings is 1. The molecule has 0 saturated carbocycles. The number of anilines is 1. The molecule has 3 nitrogen and oxygen atoms in total. The first-order valence-electron chi connectivity index (χ1n) is 4.79. The van der Waals surface area contributed by atoms with Crippen LogP contribution in [-0.2, 0) is 4.79 Å². The van der Waals surface area contributed by atoms with Crippen molar-refractivity contribution in [3.8, 4) is 0 Å². The molecule has 1 aromatic carbocycles. The Morgan fingerprint density at radius 1 is 1.47 bits per heavy atom. The van der Waals surface area contributed by atoms with Crippen LogP contribution in [-0.4, -0.2) is 19.0 Å². The summed E-state index contributed by atoms with van der Waals surface area (Å²) < 4.78 is 0. The maximum Gasteiger partial charge on any atom is 0.241 e. The van der Waals surface area contributed by atoms with Crippen LogP contribution in [0.1, 0.15) is 12.5 Å². The summed E-state index contributed by atoms with van der Waals surface area (Å²) in [4.78, 5) is 11.3. The highest BCUT2D eigenvalue weighted by Gasteiger charge is 2.10. The second kappa shape index (κ2) is 5.03. The number of hydrogen-bond acceptors (Lipinski definition) is 2. The van der Waals surface area contributed by atoms with Gasteiger partial charge >= 0.3 is 0 Å². The highest BCUT2D eigenvalue weighted by molar-refractivity contribution is 6.31. The monoisotopic (exact) mass is 226 g/mol. The molecule has 1 unspecified atom stereocenters. The topological polar surface area (TPSA) is 41.1 Å². The average molecular weight is 227 g/mol. The van der Waals surface area contributed by atoms with Gasteiger partial charge in [-0.1, -0.05) is 17.7 Å². The van der Waals surface area contributed by atoms with Crippen LogP contribution in [0.5, 0.6) is 0 Å². The fourth-order valence-corrected chi connectivity index (χ4v) is 1.40. The Balaban J connectivity index is 2.73. The number of carbonyl (C=O) groups excluding carboxylic acids is 1. The molecular weight excluding hydrogens is 212 g/mol. The van der Waals surface area contributed by atoms with Crippen LogP contribution in [0.2, 0.25) is 5.02 Å². The lowest BCUT2D eigenvalue weighted by Crippen LogP contribution is -2.35. The van der Waals surface area contributed by atoms with Crippen molar-refractivity contribution in [2.24, 2.45) is 0 Å². The van der Waals surface area contributed by atoms with E-state index in [-0.39, 0.29) is 11.9 Å². The third kappa shape index (κ3) is 3.13. The predicted octanol–water partition coefficient (Wildman–Crippen LogP) is 2.19. The third-order valence-electron chi connectivity index (χ3n) is 2.19. The first kappa shape index (κ1) is 11.9. The van der Waals surface area contributed by atoms with Crippen LogP contribution in [0, 0.1) is 6.92 Å². The standard InChI is InChI=1S/C11H15ClN2O/c1-7-4-5-9(6-10(7)12)14-8(2)11(15)13-3/h4-6,8,14H,1-3H3,(H,13,15). The van der Waals surface area contributed by atoms with E-state index in [2.05, 4.69) is 10.6 Å². The summed E-state index contributed by atoms with van der Waals surface area (Å²) >= 11 is 5.97. The Morgan fingerprint density at radius 3 is 2.67 bits per heavy atom. The van der Waals surface area contributed by atoms with Crippen molar-refractivity contribution in [1.29, 1.82) is 0 Å². The number of carbonyl (C=O) groups is 1. The molecule has 1 amide bonds. The van der Waals surface area contributed by atoms with Gasteiger partial charge < -0.3 is 10.6 Å². The van der Waals surface area contributed by atoms with Crippen molar-refractivity contribution in [3.05, 3.63) is 28.8 Å². The minimum absolute atomic E-state index is 0.0494. The van der Waals surface area contributed by atoms with Crippen molar-refractivity contribution in [2.45, 2.75) is 19.9 Å². The Morgan fingerprint density at radius 2 is 2.13 bits per heavy atom. The molecule has 0 bridgehead atoms. The second-order valence-electron chi connectivity index (χ2n) is 3.44. The van der Waals surface area contributed by atoms with Crippen molar-refractivity contribution < 1.29 is 4.79 Å². The van der Waals surface area contributed by atoms with E-state index in [1.54, 1.807) is 14.0 Å². The van der Waals surface area contributed by atoms with Gasteiger partial charge in [-0.05, 0) is 31.5 Å². The summed E-state index contributed by atoms with van der Waals surface area (Å²) in [6, 6.07) is 5.37. The zero-order valence-corrected chi connectivity index (χ0v) is 9.85. The first-order valence-corrected chi connectivity index (χ1v) is 5.16. The maximum absolute atomic E-state index is 11.3. The van der Waals surface area contributed by atoms with Crippen molar-refractivity contribution in [1.82, 2.24) is 5.32 Å². The fourth-order valence-electron chi connectivity index (χ4n) is 1.21. The largest absolute Gasteiger partial charge is 0.374 e. The second-order valence-corrected chi connectivity index (χ2v) is 3.85. The molecule has 0 aliphatic heterocycles. The molecule has 1 rings (SSSR count). The van der Waals surface area contributed by atoms with Gasteiger partial charge in [0.15, 0.2) is 0 Å². The summed E-state index contributed by atoms with van der Waals surface area (Å²) in [5, 5.41) is 6.34. The van der Waals surface area contributed by atoms with Gasteiger partial charge in [0, 0.05) is 17.8 Å². The molecule has 0 aliphatic rings. The van der Waals surface area contributed by atoms with E-state index in [1.165, 1.54) is 0 Å². The van der Waals surface area contributed by atoms with E-state index in [0.717, 1.165) is 11.3 Å². The van der Waals surface area contributed by atoms with Crippen LogP contribution < -0.4 is 10.6 Å². The van der Waals surface area contributed by atoms with Gasteiger partial charge in [0.2, 0.25) is 5.91 Å². The van der Waals surface area contributed by atoms with Gasteiger partial charge in [-0.25, -0.2) is 0 Å². The molecule has 4 heteroatoms. The van der Waals surface area contributed by atoms with E-state index < -0.39 is 0 Å². The van der Waals surface area contributed by atoms with Crippen molar-refractivity contribution in [3.63, 3.8) is 0 Å². The first-order chi connectivity index (χ1) is 7.04. The molecule has 0 heterocycles. The molecule has 15 heavy (non-hydrogen) atoms. The summed E-state index contributed by atoms with van der Waals surface area (Å²) in [5.41, 5.74) is 1.87. The lowest BCUT2D eigenvalue weighted by Gasteiger charge is -2.14. The van der Waals surface area contributed by atoms with E-state index in [0.29, 0.717) is 5.02 Å². The molecule has 0 saturated heterocycles. The van der Waals surface area contributed by atoms with E-state index in [9.17, 15) is 4.79 Å². The van der Waals surface area contributed by atoms with Gasteiger partial charge in [0.1, 0.15) is 6.04 Å². The molecule has 82 valence electrons. The quantitative estimate of drug-likeness (QED) is 0.830. The van der Waals surface area contributed by atoms with Gasteiger partial charge in [0.05, 0.1) is 0 Å². The SMILES string of the molecule is CNC(=O)C(C)Nc1ccc(C)c(Cl)c1.